The van der Waals surface area contributed by atoms with Gasteiger partial charge in [0, 0.05) is 26.2 Å². The summed E-state index contributed by atoms with van der Waals surface area (Å²) in [6.45, 7) is 7.64. The van der Waals surface area contributed by atoms with Crippen LogP contribution < -0.4 is 9.80 Å². The second kappa shape index (κ2) is 5.38. The summed E-state index contributed by atoms with van der Waals surface area (Å²) in [6.07, 6.45) is 1.22. The lowest BCUT2D eigenvalue weighted by atomic mass is 10.2. The Kier molecular flexibility index (Phi) is 3.39. The highest BCUT2D eigenvalue weighted by molar-refractivity contribution is 7.16. The van der Waals surface area contributed by atoms with Crippen molar-refractivity contribution in [2.45, 2.75) is 13.3 Å². The SMILES string of the molecule is CC1CCN(c2nc(N3CCOCC3)c3ncsc3n2)C1. The molecule has 2 aliphatic rings. The van der Waals surface area contributed by atoms with Crippen LogP contribution in [0, 0.1) is 5.92 Å². The van der Waals surface area contributed by atoms with Crippen LogP contribution in [0.4, 0.5) is 11.8 Å². The maximum atomic E-state index is 5.45. The Morgan fingerprint density at radius 3 is 2.81 bits per heavy atom. The molecule has 4 rings (SSSR count). The fourth-order valence-corrected chi connectivity index (χ4v) is 3.64. The Bertz CT molecular complexity index is 639. The molecule has 7 heteroatoms. The number of rotatable bonds is 2. The van der Waals surface area contributed by atoms with Crippen LogP contribution in [0.15, 0.2) is 5.51 Å². The van der Waals surface area contributed by atoms with E-state index >= 15 is 0 Å². The van der Waals surface area contributed by atoms with Crippen LogP contribution in [0.2, 0.25) is 0 Å². The molecular weight excluding hydrogens is 286 g/mol. The number of aromatic nitrogens is 3. The van der Waals surface area contributed by atoms with Crippen molar-refractivity contribution in [3.63, 3.8) is 0 Å². The third-order valence-corrected chi connectivity index (χ3v) is 4.90. The molecular formula is C14H19N5OS. The molecule has 6 nitrogen and oxygen atoms in total. The van der Waals surface area contributed by atoms with Crippen LogP contribution in [0.1, 0.15) is 13.3 Å². The summed E-state index contributed by atoms with van der Waals surface area (Å²) in [5.41, 5.74) is 2.79. The van der Waals surface area contributed by atoms with Gasteiger partial charge in [0.2, 0.25) is 5.95 Å². The molecule has 0 saturated carbocycles. The van der Waals surface area contributed by atoms with Gasteiger partial charge in [-0.05, 0) is 12.3 Å². The highest BCUT2D eigenvalue weighted by Crippen LogP contribution is 2.30. The van der Waals surface area contributed by atoms with Gasteiger partial charge in [-0.25, -0.2) is 4.98 Å². The van der Waals surface area contributed by atoms with Crippen LogP contribution in [0.3, 0.4) is 0 Å². The minimum Gasteiger partial charge on any atom is -0.378 e. The molecule has 2 aromatic heterocycles. The van der Waals surface area contributed by atoms with Gasteiger partial charge in [0.1, 0.15) is 5.52 Å². The van der Waals surface area contributed by atoms with Gasteiger partial charge in [0.25, 0.3) is 0 Å². The van der Waals surface area contributed by atoms with E-state index in [9.17, 15) is 0 Å². The molecule has 4 heterocycles. The summed E-state index contributed by atoms with van der Waals surface area (Å²) >= 11 is 1.59. The molecule has 2 saturated heterocycles. The van der Waals surface area contributed by atoms with Crippen molar-refractivity contribution in [3.05, 3.63) is 5.51 Å². The van der Waals surface area contributed by atoms with Crippen molar-refractivity contribution in [3.8, 4) is 0 Å². The number of hydrogen-bond acceptors (Lipinski definition) is 7. The van der Waals surface area contributed by atoms with Crippen LogP contribution in [0.25, 0.3) is 10.3 Å². The minimum absolute atomic E-state index is 0.720. The maximum Gasteiger partial charge on any atom is 0.228 e. The molecule has 0 aliphatic carbocycles. The highest BCUT2D eigenvalue weighted by Gasteiger charge is 2.24. The number of thiazole rings is 1. The number of morpholine rings is 1. The van der Waals surface area contributed by atoms with Gasteiger partial charge < -0.3 is 14.5 Å². The van der Waals surface area contributed by atoms with Crippen molar-refractivity contribution < 1.29 is 4.74 Å². The second-order valence-electron chi connectivity index (χ2n) is 5.79. The van der Waals surface area contributed by atoms with E-state index in [1.54, 1.807) is 11.3 Å². The summed E-state index contributed by atoms with van der Waals surface area (Å²) in [5, 5.41) is 0. The number of anilines is 2. The maximum absolute atomic E-state index is 5.45. The van der Waals surface area contributed by atoms with E-state index in [-0.39, 0.29) is 0 Å². The van der Waals surface area contributed by atoms with Crippen LogP contribution in [-0.4, -0.2) is 54.3 Å². The van der Waals surface area contributed by atoms with E-state index in [1.165, 1.54) is 6.42 Å². The molecule has 112 valence electrons. The molecule has 1 unspecified atom stereocenters. The van der Waals surface area contributed by atoms with Crippen LogP contribution >= 0.6 is 11.3 Å². The first kappa shape index (κ1) is 13.2. The first-order valence-corrected chi connectivity index (χ1v) is 8.38. The molecule has 0 aromatic carbocycles. The van der Waals surface area contributed by atoms with Crippen LogP contribution in [-0.2, 0) is 4.74 Å². The zero-order valence-electron chi connectivity index (χ0n) is 12.2. The van der Waals surface area contributed by atoms with Crippen molar-refractivity contribution >= 4 is 33.5 Å². The lowest BCUT2D eigenvalue weighted by Gasteiger charge is -2.28. The van der Waals surface area contributed by atoms with E-state index < -0.39 is 0 Å². The molecule has 2 aliphatic heterocycles. The largest absolute Gasteiger partial charge is 0.378 e. The third-order valence-electron chi connectivity index (χ3n) is 4.19. The molecule has 0 radical (unpaired) electrons. The fraction of sp³-hybridized carbons (Fsp3) is 0.643. The summed E-state index contributed by atoms with van der Waals surface area (Å²) in [5.74, 6) is 2.55. The molecule has 1 atom stereocenters. The number of fused-ring (bicyclic) bond motifs is 1. The van der Waals surface area contributed by atoms with Crippen molar-refractivity contribution in [1.29, 1.82) is 0 Å². The third kappa shape index (κ3) is 2.44. The van der Waals surface area contributed by atoms with E-state index in [2.05, 4.69) is 21.7 Å². The lowest BCUT2D eigenvalue weighted by Crippen LogP contribution is -2.37. The molecule has 2 fully saturated rings. The van der Waals surface area contributed by atoms with E-state index in [4.69, 9.17) is 14.7 Å². The van der Waals surface area contributed by atoms with Crippen molar-refractivity contribution in [2.24, 2.45) is 5.92 Å². The average Bonchev–Trinajstić information content (AvgIpc) is 3.15. The smallest absolute Gasteiger partial charge is 0.228 e. The standard InChI is InChI=1S/C14H19N5OS/c1-10-2-3-19(8-10)14-16-12(18-4-6-20-7-5-18)11-13(17-14)21-9-15-11/h9-10H,2-8H2,1H3. The first-order valence-electron chi connectivity index (χ1n) is 7.50. The zero-order valence-corrected chi connectivity index (χ0v) is 13.0. The summed E-state index contributed by atoms with van der Waals surface area (Å²) in [4.78, 5) is 19.6. The normalized spacial score (nSPS) is 23.2. The zero-order chi connectivity index (χ0) is 14.2. The molecule has 0 bridgehead atoms. The Morgan fingerprint density at radius 2 is 2.05 bits per heavy atom. The average molecular weight is 305 g/mol. The molecule has 2 aromatic rings. The fourth-order valence-electron chi connectivity index (χ4n) is 2.99. The molecule has 21 heavy (non-hydrogen) atoms. The van der Waals surface area contributed by atoms with Gasteiger partial charge in [-0.1, -0.05) is 6.92 Å². The Hall–Kier alpha value is -1.47. The van der Waals surface area contributed by atoms with Gasteiger partial charge in [-0.15, -0.1) is 11.3 Å². The minimum atomic E-state index is 0.720. The number of hydrogen-bond donors (Lipinski definition) is 0. The summed E-state index contributed by atoms with van der Waals surface area (Å²) < 4.78 is 5.45. The highest BCUT2D eigenvalue weighted by atomic mass is 32.1. The Morgan fingerprint density at radius 1 is 1.19 bits per heavy atom. The lowest BCUT2D eigenvalue weighted by molar-refractivity contribution is 0.122. The second-order valence-corrected chi connectivity index (χ2v) is 6.63. The number of ether oxygens (including phenoxy) is 1. The van der Waals surface area contributed by atoms with Gasteiger partial charge in [0.15, 0.2) is 10.6 Å². The van der Waals surface area contributed by atoms with Gasteiger partial charge in [-0.3, -0.25) is 0 Å². The number of nitrogens with zero attached hydrogens (tertiary/aromatic N) is 5. The molecule has 0 amide bonds. The predicted octanol–water partition coefficient (Wildman–Crippen LogP) is 1.77. The van der Waals surface area contributed by atoms with Gasteiger partial charge >= 0.3 is 0 Å². The van der Waals surface area contributed by atoms with E-state index in [1.807, 2.05) is 5.51 Å². The molecule has 0 spiro atoms. The Balaban J connectivity index is 1.75. The monoisotopic (exact) mass is 305 g/mol. The molecule has 0 N–H and O–H groups in total. The predicted molar refractivity (Wildman–Crippen MR) is 84.2 cm³/mol. The first-order chi connectivity index (χ1) is 10.3. The Labute approximate surface area is 127 Å². The van der Waals surface area contributed by atoms with Crippen molar-refractivity contribution in [2.75, 3.05) is 49.2 Å². The van der Waals surface area contributed by atoms with E-state index in [0.717, 1.165) is 67.4 Å². The van der Waals surface area contributed by atoms with Gasteiger partial charge in [-0.2, -0.15) is 9.97 Å². The van der Waals surface area contributed by atoms with Crippen molar-refractivity contribution in [1.82, 2.24) is 15.0 Å². The summed E-state index contributed by atoms with van der Waals surface area (Å²) in [7, 11) is 0. The van der Waals surface area contributed by atoms with E-state index in [0.29, 0.717) is 0 Å². The van der Waals surface area contributed by atoms with Crippen LogP contribution in [0.5, 0.6) is 0 Å². The summed E-state index contributed by atoms with van der Waals surface area (Å²) in [6, 6.07) is 0. The topological polar surface area (TPSA) is 54.4 Å². The quantitative estimate of drug-likeness (QED) is 0.843. The van der Waals surface area contributed by atoms with Gasteiger partial charge in [0.05, 0.1) is 18.7 Å².